The molecule has 1 saturated heterocycles. The molecule has 1 heterocycles. The lowest BCUT2D eigenvalue weighted by Gasteiger charge is -2.35. The van der Waals surface area contributed by atoms with Gasteiger partial charge < -0.3 is 16.0 Å². The molecule has 3 saturated carbocycles. The van der Waals surface area contributed by atoms with E-state index in [1.165, 1.54) is 135 Å². The Morgan fingerprint density at radius 2 is 1.19 bits per heavy atom. The standard InChI is InChI=1S/C17H29NO.C9H16.C8H17N.2C2H6.CH3N/c18-17(11-12-19,13-15-7-3-1-4-8-15)14-16-9-5-2-6-10-16;1-2-9-7-5-3-4-6-8-9;1-3-4-8-5-6-9(2)7-8;3*1-2/h11,15-16H,1-10,13-14,18H2;2,9H,1,3-8H2;8H,3-7H2,1-2H3;2*1-2H3;2H,1H2. The maximum atomic E-state index is 10.8. The van der Waals surface area contributed by atoms with Crippen LogP contribution in [-0.2, 0) is 4.79 Å². The van der Waals surface area contributed by atoms with Crippen LogP contribution in [0.2, 0.25) is 0 Å². The van der Waals surface area contributed by atoms with Crippen LogP contribution in [0.15, 0.2) is 18.7 Å². The lowest BCUT2D eigenvalue weighted by molar-refractivity contribution is 0.231. The monoisotopic (exact) mass is 604 g/mol. The van der Waals surface area contributed by atoms with Crippen molar-refractivity contribution in [1.82, 2.24) is 4.90 Å². The van der Waals surface area contributed by atoms with Gasteiger partial charge in [-0.3, -0.25) is 0 Å². The smallest absolute Gasteiger partial charge is 0.121 e. The van der Waals surface area contributed by atoms with Gasteiger partial charge in [0.2, 0.25) is 0 Å². The fourth-order valence-electron chi connectivity index (χ4n) is 7.39. The molecule has 4 rings (SSSR count). The first-order chi connectivity index (χ1) is 21.0. The lowest BCUT2D eigenvalue weighted by atomic mass is 9.73. The summed E-state index contributed by atoms with van der Waals surface area (Å²) in [6, 6.07) is 0. The van der Waals surface area contributed by atoms with Crippen LogP contribution in [0.4, 0.5) is 0 Å². The van der Waals surface area contributed by atoms with E-state index in [0.717, 1.165) is 36.5 Å². The summed E-state index contributed by atoms with van der Waals surface area (Å²) < 4.78 is 0. The molecule has 3 aliphatic carbocycles. The maximum Gasteiger partial charge on any atom is 0.121 e. The van der Waals surface area contributed by atoms with Gasteiger partial charge in [0.25, 0.3) is 0 Å². The molecule has 254 valence electrons. The summed E-state index contributed by atoms with van der Waals surface area (Å²) in [6.07, 6.45) is 31.9. The highest BCUT2D eigenvalue weighted by atomic mass is 16.1. The fraction of sp³-hybridized carbons (Fsp3) is 0.872. The van der Waals surface area contributed by atoms with E-state index in [2.05, 4.69) is 38.2 Å². The van der Waals surface area contributed by atoms with Crippen LogP contribution in [0.3, 0.4) is 0 Å². The second-order valence-electron chi connectivity index (χ2n) is 13.1. The Balaban J connectivity index is 0. The van der Waals surface area contributed by atoms with Gasteiger partial charge >= 0.3 is 0 Å². The Kier molecular flexibility index (Phi) is 31.4. The number of likely N-dealkylation sites (tertiary alicyclic amines) is 1. The van der Waals surface area contributed by atoms with E-state index in [1.807, 2.05) is 33.6 Å². The predicted octanol–water partition coefficient (Wildman–Crippen LogP) is 11.2. The minimum Gasteiger partial charge on any atom is -0.321 e. The molecular weight excluding hydrogens is 526 g/mol. The van der Waals surface area contributed by atoms with E-state index >= 15 is 0 Å². The van der Waals surface area contributed by atoms with E-state index < -0.39 is 0 Å². The van der Waals surface area contributed by atoms with Gasteiger partial charge in [-0.25, -0.2) is 4.79 Å². The SMILES string of the molecule is C=CC1CCCCCC1.C=N.CC.CC.CCCC1CCN(C)C1.NC(C=C=O)(CC1CCCCC1)CC1CCCCC1. The van der Waals surface area contributed by atoms with Crippen molar-refractivity contribution >= 4 is 12.7 Å². The molecule has 1 aliphatic heterocycles. The highest BCUT2D eigenvalue weighted by Crippen LogP contribution is 2.36. The van der Waals surface area contributed by atoms with Crippen LogP contribution < -0.4 is 5.73 Å². The normalized spacial score (nSPS) is 21.5. The van der Waals surface area contributed by atoms with E-state index in [-0.39, 0.29) is 5.54 Å². The number of allylic oxidation sites excluding steroid dienone is 1. The van der Waals surface area contributed by atoms with E-state index in [9.17, 15) is 4.79 Å². The van der Waals surface area contributed by atoms with Crippen molar-refractivity contribution in [2.75, 3.05) is 20.1 Å². The summed E-state index contributed by atoms with van der Waals surface area (Å²) in [7, 11) is 2.22. The van der Waals surface area contributed by atoms with Crippen molar-refractivity contribution in [3.05, 3.63) is 18.7 Å². The molecule has 0 aromatic rings. The zero-order valence-corrected chi connectivity index (χ0v) is 30.1. The molecule has 3 N–H and O–H groups in total. The molecule has 0 radical (unpaired) electrons. The molecule has 0 aromatic carbocycles. The molecule has 0 aromatic heterocycles. The number of nitrogens with two attached hydrogens (primary N) is 1. The van der Waals surface area contributed by atoms with Gasteiger partial charge in [-0.1, -0.05) is 137 Å². The zero-order chi connectivity index (χ0) is 32.8. The zero-order valence-electron chi connectivity index (χ0n) is 30.1. The third-order valence-corrected chi connectivity index (χ3v) is 9.55. The number of rotatable bonds is 8. The molecule has 43 heavy (non-hydrogen) atoms. The summed E-state index contributed by atoms with van der Waals surface area (Å²) in [5.41, 5.74) is 6.17. The van der Waals surface area contributed by atoms with Crippen LogP contribution in [0.25, 0.3) is 0 Å². The minimum absolute atomic E-state index is 0.383. The van der Waals surface area contributed by atoms with Crippen LogP contribution >= 0.6 is 0 Å². The molecule has 1 atom stereocenters. The second-order valence-corrected chi connectivity index (χ2v) is 13.1. The van der Waals surface area contributed by atoms with Crippen molar-refractivity contribution in [1.29, 1.82) is 5.41 Å². The summed E-state index contributed by atoms with van der Waals surface area (Å²) in [4.78, 5) is 13.3. The van der Waals surface area contributed by atoms with Gasteiger partial charge in [0.15, 0.2) is 0 Å². The lowest BCUT2D eigenvalue weighted by Crippen LogP contribution is -2.42. The molecule has 0 amide bonds. The van der Waals surface area contributed by atoms with Crippen LogP contribution in [-0.4, -0.2) is 43.2 Å². The molecular formula is C39H77N3O. The van der Waals surface area contributed by atoms with Crippen molar-refractivity contribution in [3.63, 3.8) is 0 Å². The average molecular weight is 604 g/mol. The first kappa shape index (κ1) is 43.9. The van der Waals surface area contributed by atoms with Crippen LogP contribution in [0, 0.1) is 29.1 Å². The molecule has 0 spiro atoms. The third-order valence-electron chi connectivity index (χ3n) is 9.55. The van der Waals surface area contributed by atoms with Gasteiger partial charge in [-0.05, 0) is 82.5 Å². The van der Waals surface area contributed by atoms with E-state index in [0.29, 0.717) is 0 Å². The highest BCUT2D eigenvalue weighted by Gasteiger charge is 2.31. The number of nitrogens with zero attached hydrogens (tertiary/aromatic N) is 1. The molecule has 0 bridgehead atoms. The van der Waals surface area contributed by atoms with Gasteiger partial charge in [0, 0.05) is 18.2 Å². The number of hydrogen-bond acceptors (Lipinski definition) is 4. The number of carbonyl (C=O) groups excluding carboxylic acids is 1. The van der Waals surface area contributed by atoms with Crippen molar-refractivity contribution < 1.29 is 4.79 Å². The largest absolute Gasteiger partial charge is 0.321 e. The minimum atomic E-state index is -0.383. The van der Waals surface area contributed by atoms with Gasteiger partial charge in [0.1, 0.15) is 5.94 Å². The molecule has 4 fully saturated rings. The fourth-order valence-corrected chi connectivity index (χ4v) is 7.39. The van der Waals surface area contributed by atoms with Crippen molar-refractivity contribution in [2.24, 2.45) is 29.4 Å². The third kappa shape index (κ3) is 22.9. The molecule has 4 aliphatic rings. The molecule has 4 heteroatoms. The topological polar surface area (TPSA) is 70.2 Å². The van der Waals surface area contributed by atoms with Crippen molar-refractivity contribution in [3.8, 4) is 0 Å². The number of hydrogen-bond donors (Lipinski definition) is 2. The number of nitrogens with one attached hydrogen (secondary N) is 1. The van der Waals surface area contributed by atoms with Crippen LogP contribution in [0.1, 0.15) is 169 Å². The van der Waals surface area contributed by atoms with Gasteiger partial charge in [-0.2, -0.15) is 0 Å². The summed E-state index contributed by atoms with van der Waals surface area (Å²) in [5, 5.41) is 5.50. The average Bonchev–Trinajstić information content (AvgIpc) is 3.28. The summed E-state index contributed by atoms with van der Waals surface area (Å²) in [5.74, 6) is 5.30. The highest BCUT2D eigenvalue weighted by molar-refractivity contribution is 5.48. The summed E-state index contributed by atoms with van der Waals surface area (Å²) in [6.45, 7) is 19.3. The Hall–Kier alpha value is -1.22. The first-order valence-electron chi connectivity index (χ1n) is 18.6. The maximum absolute atomic E-state index is 10.8. The summed E-state index contributed by atoms with van der Waals surface area (Å²) >= 11 is 0. The van der Waals surface area contributed by atoms with Crippen molar-refractivity contribution in [2.45, 2.75) is 175 Å². The Labute approximate surface area is 270 Å². The Morgan fingerprint density at radius 1 is 0.767 bits per heavy atom. The van der Waals surface area contributed by atoms with E-state index in [1.54, 1.807) is 6.08 Å². The van der Waals surface area contributed by atoms with Gasteiger partial charge in [-0.15, -0.1) is 6.58 Å². The Morgan fingerprint density at radius 3 is 1.53 bits per heavy atom. The quantitative estimate of drug-likeness (QED) is 0.125. The van der Waals surface area contributed by atoms with E-state index in [4.69, 9.17) is 11.1 Å². The molecule has 4 nitrogen and oxygen atoms in total. The second kappa shape index (κ2) is 30.8. The first-order valence-corrected chi connectivity index (χ1v) is 18.6. The predicted molar refractivity (Wildman–Crippen MR) is 194 cm³/mol. The molecule has 1 unspecified atom stereocenters. The van der Waals surface area contributed by atoms with Crippen LogP contribution in [0.5, 0.6) is 0 Å². The van der Waals surface area contributed by atoms with Gasteiger partial charge in [0.05, 0.1) is 0 Å². The Bertz CT molecular complexity index is 617.